The SMILES string of the molecule is CC(C)(NC(=O)OCC1c2ccccc2-c2ccccc21)C(C)(C)C(=O)NC[C@H]1C[C@H]1C(=O)O. The van der Waals surface area contributed by atoms with Gasteiger partial charge in [0.2, 0.25) is 5.91 Å². The molecule has 4 rings (SSSR count). The van der Waals surface area contributed by atoms with E-state index in [1.807, 2.05) is 24.3 Å². The number of hydrogen-bond acceptors (Lipinski definition) is 4. The monoisotopic (exact) mass is 464 g/mol. The third-order valence-electron chi connectivity index (χ3n) is 7.65. The minimum absolute atomic E-state index is 0.0320. The van der Waals surface area contributed by atoms with Gasteiger partial charge in [0.25, 0.3) is 0 Å². The lowest BCUT2D eigenvalue weighted by Gasteiger charge is -2.40. The number of nitrogens with one attached hydrogen (secondary N) is 2. The highest BCUT2D eigenvalue weighted by molar-refractivity contribution is 5.85. The molecule has 0 spiro atoms. The Hall–Kier alpha value is -3.35. The summed E-state index contributed by atoms with van der Waals surface area (Å²) >= 11 is 0. The van der Waals surface area contributed by atoms with Crippen LogP contribution in [0.2, 0.25) is 0 Å². The van der Waals surface area contributed by atoms with E-state index in [-0.39, 0.29) is 30.3 Å². The van der Waals surface area contributed by atoms with Crippen LogP contribution >= 0.6 is 0 Å². The van der Waals surface area contributed by atoms with Crippen LogP contribution in [0.25, 0.3) is 11.1 Å². The number of fused-ring (bicyclic) bond motifs is 3. The maximum absolute atomic E-state index is 12.9. The Bertz CT molecular complexity index is 1080. The summed E-state index contributed by atoms with van der Waals surface area (Å²) in [6.45, 7) is 7.60. The summed E-state index contributed by atoms with van der Waals surface area (Å²) in [5.74, 6) is -1.52. The number of rotatable bonds is 8. The first kappa shape index (κ1) is 23.8. The molecule has 2 aliphatic carbocycles. The fourth-order valence-corrected chi connectivity index (χ4v) is 4.55. The van der Waals surface area contributed by atoms with Crippen LogP contribution in [0.3, 0.4) is 0 Å². The summed E-state index contributed by atoms with van der Waals surface area (Å²) in [5.41, 5.74) is 2.73. The molecular weight excluding hydrogens is 432 g/mol. The Morgan fingerprint density at radius 2 is 1.53 bits per heavy atom. The van der Waals surface area contributed by atoms with Crippen LogP contribution in [0.1, 0.15) is 51.2 Å². The number of alkyl carbamates (subject to hydrolysis) is 1. The molecule has 7 heteroatoms. The molecule has 0 bridgehead atoms. The molecule has 0 unspecified atom stereocenters. The minimum Gasteiger partial charge on any atom is -0.481 e. The van der Waals surface area contributed by atoms with Crippen molar-refractivity contribution >= 4 is 18.0 Å². The van der Waals surface area contributed by atoms with Gasteiger partial charge in [0.15, 0.2) is 0 Å². The zero-order valence-corrected chi connectivity index (χ0v) is 20.1. The van der Waals surface area contributed by atoms with Crippen molar-refractivity contribution in [1.29, 1.82) is 0 Å². The topological polar surface area (TPSA) is 105 Å². The fraction of sp³-hybridized carbons (Fsp3) is 0.444. The first-order valence-electron chi connectivity index (χ1n) is 11.7. The third kappa shape index (κ3) is 4.39. The van der Waals surface area contributed by atoms with Crippen molar-refractivity contribution in [3.05, 3.63) is 59.7 Å². The summed E-state index contributed by atoms with van der Waals surface area (Å²) in [6.07, 6.45) is -0.00174. The number of hydrogen-bond donors (Lipinski definition) is 3. The Morgan fingerprint density at radius 3 is 2.06 bits per heavy atom. The molecule has 0 aromatic heterocycles. The standard InChI is InChI=1S/C27H32N2O5/c1-26(2,24(32)28-14-16-13-21(16)23(30)31)27(3,4)29-25(33)34-15-22-19-11-7-5-9-17(19)18-10-6-8-12-20(18)22/h5-12,16,21-22H,13-15H2,1-4H3,(H,28,32)(H,29,33)(H,30,31)/t16-,21-/m1/s1. The highest BCUT2D eigenvalue weighted by Crippen LogP contribution is 2.44. The molecule has 0 heterocycles. The molecule has 180 valence electrons. The highest BCUT2D eigenvalue weighted by Gasteiger charge is 2.47. The van der Waals surface area contributed by atoms with Gasteiger partial charge < -0.3 is 20.5 Å². The lowest BCUT2D eigenvalue weighted by Crippen LogP contribution is -2.59. The van der Waals surface area contributed by atoms with E-state index in [9.17, 15) is 14.4 Å². The normalized spacial score (nSPS) is 19.1. The third-order valence-corrected chi connectivity index (χ3v) is 7.65. The predicted octanol–water partition coefficient (Wildman–Crippen LogP) is 4.17. The number of aliphatic carboxylic acids is 1. The molecule has 2 aromatic carbocycles. The van der Waals surface area contributed by atoms with Crippen molar-refractivity contribution in [3.63, 3.8) is 0 Å². The van der Waals surface area contributed by atoms with Crippen molar-refractivity contribution in [1.82, 2.24) is 10.6 Å². The molecule has 2 amide bonds. The molecule has 2 aromatic rings. The molecule has 1 saturated carbocycles. The molecule has 0 saturated heterocycles. The molecule has 1 fully saturated rings. The van der Waals surface area contributed by atoms with Gasteiger partial charge in [-0.2, -0.15) is 0 Å². The van der Waals surface area contributed by atoms with E-state index in [1.54, 1.807) is 27.7 Å². The summed E-state index contributed by atoms with van der Waals surface area (Å²) in [6, 6.07) is 16.3. The van der Waals surface area contributed by atoms with E-state index in [0.717, 1.165) is 22.3 Å². The second-order valence-corrected chi connectivity index (χ2v) is 10.4. The maximum atomic E-state index is 12.9. The lowest BCUT2D eigenvalue weighted by molar-refractivity contribution is -0.139. The Balaban J connectivity index is 1.36. The quantitative estimate of drug-likeness (QED) is 0.544. The van der Waals surface area contributed by atoms with Gasteiger partial charge in [-0.3, -0.25) is 9.59 Å². The lowest BCUT2D eigenvalue weighted by atomic mass is 9.73. The van der Waals surface area contributed by atoms with Crippen molar-refractivity contribution in [2.45, 2.75) is 45.6 Å². The first-order valence-corrected chi connectivity index (χ1v) is 11.7. The summed E-state index contributed by atoms with van der Waals surface area (Å²) in [7, 11) is 0. The van der Waals surface area contributed by atoms with Gasteiger partial charge in [-0.25, -0.2) is 4.79 Å². The largest absolute Gasteiger partial charge is 0.481 e. The summed E-state index contributed by atoms with van der Waals surface area (Å²) in [5, 5.41) is 14.8. The van der Waals surface area contributed by atoms with Crippen LogP contribution in [-0.2, 0) is 14.3 Å². The number of carboxylic acids is 1. The Labute approximate surface area is 199 Å². The van der Waals surface area contributed by atoms with Crippen LogP contribution in [0, 0.1) is 17.3 Å². The molecule has 2 atom stereocenters. The predicted molar refractivity (Wildman–Crippen MR) is 128 cm³/mol. The van der Waals surface area contributed by atoms with E-state index in [2.05, 4.69) is 34.9 Å². The number of carboxylic acid groups (broad SMARTS) is 1. The van der Waals surface area contributed by atoms with E-state index in [1.165, 1.54) is 0 Å². The molecule has 2 aliphatic rings. The smallest absolute Gasteiger partial charge is 0.407 e. The van der Waals surface area contributed by atoms with Gasteiger partial charge in [0.1, 0.15) is 6.61 Å². The van der Waals surface area contributed by atoms with E-state index in [0.29, 0.717) is 13.0 Å². The zero-order valence-electron chi connectivity index (χ0n) is 20.1. The summed E-state index contributed by atoms with van der Waals surface area (Å²) < 4.78 is 5.65. The van der Waals surface area contributed by atoms with Gasteiger partial charge in [0, 0.05) is 12.5 Å². The number of amides is 2. The van der Waals surface area contributed by atoms with Crippen LogP contribution in [-0.4, -0.2) is 41.8 Å². The van der Waals surface area contributed by atoms with Gasteiger partial charge in [-0.05, 0) is 62.3 Å². The van der Waals surface area contributed by atoms with Crippen LogP contribution in [0.5, 0.6) is 0 Å². The van der Waals surface area contributed by atoms with Crippen molar-refractivity contribution < 1.29 is 24.2 Å². The van der Waals surface area contributed by atoms with E-state index in [4.69, 9.17) is 9.84 Å². The Kier molecular flexibility index (Phi) is 6.14. The van der Waals surface area contributed by atoms with Crippen LogP contribution in [0.4, 0.5) is 4.79 Å². The minimum atomic E-state index is -0.952. The maximum Gasteiger partial charge on any atom is 0.407 e. The number of carbonyl (C=O) groups excluding carboxylic acids is 2. The summed E-state index contributed by atoms with van der Waals surface area (Å²) in [4.78, 5) is 36.7. The second kappa shape index (κ2) is 8.78. The van der Waals surface area contributed by atoms with Gasteiger partial charge in [-0.15, -0.1) is 0 Å². The second-order valence-electron chi connectivity index (χ2n) is 10.4. The van der Waals surface area contributed by atoms with Crippen molar-refractivity contribution in [2.75, 3.05) is 13.2 Å². The van der Waals surface area contributed by atoms with Crippen molar-refractivity contribution in [3.8, 4) is 11.1 Å². The highest BCUT2D eigenvalue weighted by atomic mass is 16.5. The zero-order chi connectivity index (χ0) is 24.7. The van der Waals surface area contributed by atoms with E-state index < -0.39 is 23.0 Å². The number of benzene rings is 2. The van der Waals surface area contributed by atoms with Crippen LogP contribution < -0.4 is 10.6 Å². The van der Waals surface area contributed by atoms with Gasteiger partial charge in [-0.1, -0.05) is 48.5 Å². The number of carbonyl (C=O) groups is 3. The van der Waals surface area contributed by atoms with Gasteiger partial charge in [0.05, 0.1) is 16.9 Å². The average molecular weight is 465 g/mol. The van der Waals surface area contributed by atoms with Crippen LogP contribution in [0.15, 0.2) is 48.5 Å². The van der Waals surface area contributed by atoms with Gasteiger partial charge >= 0.3 is 12.1 Å². The molecular formula is C27H32N2O5. The molecule has 0 aliphatic heterocycles. The average Bonchev–Trinajstić information content (AvgIpc) is 3.51. The number of ether oxygens (including phenoxy) is 1. The molecule has 3 N–H and O–H groups in total. The van der Waals surface area contributed by atoms with E-state index >= 15 is 0 Å². The first-order chi connectivity index (χ1) is 16.0. The molecule has 7 nitrogen and oxygen atoms in total. The molecule has 0 radical (unpaired) electrons. The fourth-order valence-electron chi connectivity index (χ4n) is 4.55. The van der Waals surface area contributed by atoms with Crippen molar-refractivity contribution in [2.24, 2.45) is 17.3 Å². The Morgan fingerprint density at radius 1 is 0.971 bits per heavy atom. The molecule has 34 heavy (non-hydrogen) atoms.